The number of hydrazone groups is 1. The molecule has 1 amide bonds. The van der Waals surface area contributed by atoms with Gasteiger partial charge in [-0.15, -0.1) is 0 Å². The van der Waals surface area contributed by atoms with E-state index in [0.29, 0.717) is 11.3 Å². The average molecular weight is 432 g/mol. The number of amides is 1. The van der Waals surface area contributed by atoms with E-state index in [1.165, 1.54) is 5.01 Å². The zero-order chi connectivity index (χ0) is 23.0. The Kier molecular flexibility index (Phi) is 6.76. The summed E-state index contributed by atoms with van der Waals surface area (Å²) in [5.74, 6) is -0.242. The molecule has 4 aromatic carbocycles. The third kappa shape index (κ3) is 5.25. The number of anilines is 4. The van der Waals surface area contributed by atoms with Gasteiger partial charge in [0.15, 0.2) is 0 Å². The first-order chi connectivity index (χ1) is 16.1. The fourth-order valence-corrected chi connectivity index (χ4v) is 3.42. The van der Waals surface area contributed by atoms with Gasteiger partial charge in [-0.2, -0.15) is 10.1 Å². The molecule has 4 aromatic rings. The third-order valence-corrected chi connectivity index (χ3v) is 5.06. The number of hydrogen-bond donors (Lipinski definition) is 0. The fourth-order valence-electron chi connectivity index (χ4n) is 3.42. The Labute approximate surface area is 194 Å². The zero-order valence-electron chi connectivity index (χ0n) is 18.5. The van der Waals surface area contributed by atoms with Crippen molar-refractivity contribution in [3.63, 3.8) is 0 Å². The maximum absolute atomic E-state index is 12.6. The summed E-state index contributed by atoms with van der Waals surface area (Å²) in [5, 5.41) is 5.83. The maximum atomic E-state index is 12.6. The van der Waals surface area contributed by atoms with Crippen LogP contribution in [0.1, 0.15) is 12.5 Å². The highest BCUT2D eigenvalue weighted by Gasteiger charge is 2.15. The molecule has 0 aliphatic rings. The van der Waals surface area contributed by atoms with Crippen LogP contribution in [0.4, 0.5) is 22.7 Å². The Hall–Kier alpha value is -4.44. The Morgan fingerprint density at radius 1 is 0.667 bits per heavy atom. The van der Waals surface area contributed by atoms with Crippen molar-refractivity contribution in [2.45, 2.75) is 6.92 Å². The summed E-state index contributed by atoms with van der Waals surface area (Å²) in [6.07, 6.45) is 1.69. The number of hydrogen-bond acceptors (Lipinski definition) is 3. The molecule has 0 fully saturated rings. The molecule has 0 saturated heterocycles. The van der Waals surface area contributed by atoms with Crippen molar-refractivity contribution in [1.82, 2.24) is 0 Å². The maximum Gasteiger partial charge on any atom is 0.273 e. The van der Waals surface area contributed by atoms with E-state index < -0.39 is 0 Å². The molecular formula is C29H25N3O. The van der Waals surface area contributed by atoms with Gasteiger partial charge in [0.25, 0.3) is 5.91 Å². The van der Waals surface area contributed by atoms with Gasteiger partial charge in [-0.25, -0.2) is 0 Å². The van der Waals surface area contributed by atoms with E-state index in [2.05, 4.69) is 53.0 Å². The molecular weight excluding hydrogens is 406 g/mol. The number of nitrogens with zero attached hydrogens (tertiary/aromatic N) is 3. The first kappa shape index (κ1) is 21.8. The van der Waals surface area contributed by atoms with E-state index in [1.807, 2.05) is 78.9 Å². The Balaban J connectivity index is 1.63. The largest absolute Gasteiger partial charge is 0.311 e. The van der Waals surface area contributed by atoms with E-state index in [4.69, 9.17) is 0 Å². The van der Waals surface area contributed by atoms with Crippen LogP contribution in [0.3, 0.4) is 0 Å². The van der Waals surface area contributed by atoms with Crippen molar-refractivity contribution in [1.29, 1.82) is 0 Å². The van der Waals surface area contributed by atoms with Crippen LogP contribution >= 0.6 is 0 Å². The van der Waals surface area contributed by atoms with Crippen LogP contribution in [0.25, 0.3) is 0 Å². The van der Waals surface area contributed by atoms with Crippen molar-refractivity contribution >= 4 is 34.9 Å². The zero-order valence-corrected chi connectivity index (χ0v) is 18.5. The summed E-state index contributed by atoms with van der Waals surface area (Å²) in [6, 6.07) is 37.9. The van der Waals surface area contributed by atoms with E-state index in [-0.39, 0.29) is 5.91 Å². The lowest BCUT2D eigenvalue weighted by Gasteiger charge is -2.25. The highest BCUT2D eigenvalue weighted by molar-refractivity contribution is 6.05. The second-order valence-electron chi connectivity index (χ2n) is 7.58. The molecule has 0 unspecified atom stereocenters. The SMILES string of the molecule is C=C(C)C(=O)N(N=Cc1ccc(N(c2ccccc2)c2ccccc2)cc1)c1ccccc1. The average Bonchev–Trinajstić information content (AvgIpc) is 2.87. The monoisotopic (exact) mass is 431 g/mol. The van der Waals surface area contributed by atoms with Crippen LogP contribution < -0.4 is 9.91 Å². The van der Waals surface area contributed by atoms with Crippen LogP contribution in [0.5, 0.6) is 0 Å². The van der Waals surface area contributed by atoms with Crippen LogP contribution in [-0.4, -0.2) is 12.1 Å². The van der Waals surface area contributed by atoms with Crippen molar-refractivity contribution in [3.8, 4) is 0 Å². The first-order valence-corrected chi connectivity index (χ1v) is 10.7. The topological polar surface area (TPSA) is 35.9 Å². The third-order valence-electron chi connectivity index (χ3n) is 5.06. The molecule has 0 saturated carbocycles. The second kappa shape index (κ2) is 10.2. The van der Waals surface area contributed by atoms with Crippen LogP contribution in [0, 0.1) is 0 Å². The number of carbonyl (C=O) groups is 1. The van der Waals surface area contributed by atoms with E-state index in [1.54, 1.807) is 13.1 Å². The highest BCUT2D eigenvalue weighted by Crippen LogP contribution is 2.33. The minimum Gasteiger partial charge on any atom is -0.311 e. The molecule has 4 heteroatoms. The summed E-state index contributed by atoms with van der Waals surface area (Å²) in [4.78, 5) is 14.8. The van der Waals surface area contributed by atoms with Gasteiger partial charge in [0.1, 0.15) is 0 Å². The molecule has 4 nitrogen and oxygen atoms in total. The first-order valence-electron chi connectivity index (χ1n) is 10.7. The number of benzene rings is 4. The molecule has 0 bridgehead atoms. The van der Waals surface area contributed by atoms with Gasteiger partial charge in [0, 0.05) is 22.6 Å². The normalized spacial score (nSPS) is 10.7. The highest BCUT2D eigenvalue weighted by atomic mass is 16.2. The molecule has 0 radical (unpaired) electrons. The quantitative estimate of drug-likeness (QED) is 0.178. The number of para-hydroxylation sites is 3. The molecule has 0 heterocycles. The Morgan fingerprint density at radius 2 is 1.09 bits per heavy atom. The number of carbonyl (C=O) groups excluding carboxylic acids is 1. The fraction of sp³-hybridized carbons (Fsp3) is 0.0345. The van der Waals surface area contributed by atoms with Crippen molar-refractivity contribution in [3.05, 3.63) is 133 Å². The lowest BCUT2D eigenvalue weighted by Crippen LogP contribution is -2.26. The molecule has 0 aliphatic carbocycles. The molecule has 0 atom stereocenters. The van der Waals surface area contributed by atoms with Crippen LogP contribution in [0.2, 0.25) is 0 Å². The van der Waals surface area contributed by atoms with E-state index in [9.17, 15) is 4.79 Å². The van der Waals surface area contributed by atoms with Gasteiger partial charge < -0.3 is 4.90 Å². The van der Waals surface area contributed by atoms with Crippen LogP contribution in [-0.2, 0) is 4.79 Å². The Bertz CT molecular complexity index is 1200. The van der Waals surface area contributed by atoms with Crippen molar-refractivity contribution < 1.29 is 4.79 Å². The molecule has 0 aliphatic heterocycles. The molecule has 0 spiro atoms. The summed E-state index contributed by atoms with van der Waals surface area (Å²) in [6.45, 7) is 5.46. The Morgan fingerprint density at radius 3 is 1.55 bits per heavy atom. The molecule has 4 rings (SSSR count). The lowest BCUT2D eigenvalue weighted by atomic mass is 10.1. The summed E-state index contributed by atoms with van der Waals surface area (Å²) in [7, 11) is 0. The van der Waals surface area contributed by atoms with Gasteiger partial charge in [-0.3, -0.25) is 4.79 Å². The number of rotatable bonds is 7. The van der Waals surface area contributed by atoms with Crippen LogP contribution in [0.15, 0.2) is 133 Å². The predicted octanol–water partition coefficient (Wildman–Crippen LogP) is 7.10. The second-order valence-corrected chi connectivity index (χ2v) is 7.58. The summed E-state index contributed by atoms with van der Waals surface area (Å²) < 4.78 is 0. The lowest BCUT2D eigenvalue weighted by molar-refractivity contribution is -0.115. The standard InChI is InChI=1S/C29H25N3O/c1-23(2)29(33)32(28-16-10-5-11-17-28)30-22-24-18-20-27(21-19-24)31(25-12-6-3-7-13-25)26-14-8-4-9-15-26/h3-22H,1H2,2H3. The van der Waals surface area contributed by atoms with Crippen molar-refractivity contribution in [2.75, 3.05) is 9.91 Å². The van der Waals surface area contributed by atoms with Gasteiger partial charge in [0.2, 0.25) is 0 Å². The summed E-state index contributed by atoms with van der Waals surface area (Å²) in [5.41, 5.74) is 5.18. The summed E-state index contributed by atoms with van der Waals surface area (Å²) >= 11 is 0. The van der Waals surface area contributed by atoms with E-state index >= 15 is 0 Å². The smallest absolute Gasteiger partial charge is 0.273 e. The minimum absolute atomic E-state index is 0.242. The van der Waals surface area contributed by atoms with Gasteiger partial charge in [-0.1, -0.05) is 73.3 Å². The van der Waals surface area contributed by atoms with Gasteiger partial charge in [-0.05, 0) is 61.0 Å². The predicted molar refractivity (Wildman–Crippen MR) is 137 cm³/mol. The molecule has 33 heavy (non-hydrogen) atoms. The van der Waals surface area contributed by atoms with Gasteiger partial charge in [0.05, 0.1) is 11.9 Å². The minimum atomic E-state index is -0.242. The molecule has 0 N–H and O–H groups in total. The molecule has 162 valence electrons. The van der Waals surface area contributed by atoms with Crippen molar-refractivity contribution in [2.24, 2.45) is 5.10 Å². The van der Waals surface area contributed by atoms with E-state index in [0.717, 1.165) is 22.6 Å². The molecule has 0 aromatic heterocycles. The van der Waals surface area contributed by atoms with Gasteiger partial charge >= 0.3 is 0 Å².